The summed E-state index contributed by atoms with van der Waals surface area (Å²) in [5.41, 5.74) is 8.49. The first kappa shape index (κ1) is 13.7. The quantitative estimate of drug-likeness (QED) is 0.889. The highest BCUT2D eigenvalue weighted by Gasteiger charge is 2.35. The van der Waals surface area contributed by atoms with E-state index in [0.29, 0.717) is 23.7 Å². The van der Waals surface area contributed by atoms with Crippen LogP contribution in [0.25, 0.3) is 0 Å². The summed E-state index contributed by atoms with van der Waals surface area (Å²) in [6.45, 7) is 1.56. The second-order valence-corrected chi connectivity index (χ2v) is 6.43. The van der Waals surface area contributed by atoms with Gasteiger partial charge in [0, 0.05) is 25.2 Å². The van der Waals surface area contributed by atoms with E-state index in [2.05, 4.69) is 11.0 Å². The molecule has 3 rings (SSSR count). The predicted molar refractivity (Wildman–Crippen MR) is 80.7 cm³/mol. The zero-order chi connectivity index (χ0) is 13.4. The molecule has 2 aliphatic rings. The van der Waals surface area contributed by atoms with Crippen LogP contribution < -0.4 is 5.73 Å². The molecule has 0 amide bonds. The van der Waals surface area contributed by atoms with Gasteiger partial charge in [0.15, 0.2) is 0 Å². The summed E-state index contributed by atoms with van der Waals surface area (Å²) in [4.78, 5) is 2.55. The Morgan fingerprint density at radius 3 is 2.58 bits per heavy atom. The zero-order valence-electron chi connectivity index (χ0n) is 11.0. The third-order valence-corrected chi connectivity index (χ3v) is 5.44. The normalized spacial score (nSPS) is 24.7. The monoisotopic (exact) mass is 298 g/mol. The maximum Gasteiger partial charge on any atom is 0.0640 e. The van der Waals surface area contributed by atoms with E-state index in [0.717, 1.165) is 11.6 Å². The van der Waals surface area contributed by atoms with Gasteiger partial charge in [-0.1, -0.05) is 48.5 Å². The first-order chi connectivity index (χ1) is 9.22. The summed E-state index contributed by atoms with van der Waals surface area (Å²) >= 11 is 12.5. The second kappa shape index (κ2) is 5.61. The Bertz CT molecular complexity index is 469. The van der Waals surface area contributed by atoms with E-state index in [1.165, 1.54) is 43.2 Å². The minimum Gasteiger partial charge on any atom is -0.329 e. The van der Waals surface area contributed by atoms with Crippen molar-refractivity contribution in [3.05, 3.63) is 33.3 Å². The average Bonchev–Trinajstić information content (AvgIpc) is 2.83. The Labute approximate surface area is 124 Å². The molecule has 1 saturated carbocycles. The SMILES string of the molecule is NCC1c2ccc(Cl)c(Cl)c2CN1C1CCCCC1. The molecule has 0 aromatic heterocycles. The molecule has 0 spiro atoms. The smallest absolute Gasteiger partial charge is 0.0640 e. The van der Waals surface area contributed by atoms with Crippen LogP contribution in [-0.2, 0) is 6.54 Å². The van der Waals surface area contributed by atoms with Crippen molar-refractivity contribution in [1.29, 1.82) is 0 Å². The van der Waals surface area contributed by atoms with Crippen molar-refractivity contribution in [2.24, 2.45) is 5.73 Å². The number of hydrogen-bond acceptors (Lipinski definition) is 2. The van der Waals surface area contributed by atoms with Crippen molar-refractivity contribution in [3.63, 3.8) is 0 Å². The minimum atomic E-state index is 0.313. The number of hydrogen-bond donors (Lipinski definition) is 1. The molecule has 0 radical (unpaired) electrons. The van der Waals surface area contributed by atoms with E-state index in [-0.39, 0.29) is 0 Å². The highest BCUT2D eigenvalue weighted by atomic mass is 35.5. The molecule has 2 N–H and O–H groups in total. The lowest BCUT2D eigenvalue weighted by atomic mass is 9.93. The van der Waals surface area contributed by atoms with Crippen LogP contribution in [0.3, 0.4) is 0 Å². The topological polar surface area (TPSA) is 29.3 Å². The lowest BCUT2D eigenvalue weighted by Crippen LogP contribution is -2.38. The fourth-order valence-corrected chi connectivity index (χ4v) is 4.02. The van der Waals surface area contributed by atoms with E-state index in [4.69, 9.17) is 28.9 Å². The maximum absolute atomic E-state index is 6.37. The molecular formula is C15H20Cl2N2. The van der Waals surface area contributed by atoms with Crippen molar-refractivity contribution in [3.8, 4) is 0 Å². The van der Waals surface area contributed by atoms with Crippen molar-refractivity contribution in [2.75, 3.05) is 6.54 Å². The first-order valence-corrected chi connectivity index (χ1v) is 7.90. The van der Waals surface area contributed by atoms with Crippen molar-refractivity contribution >= 4 is 23.2 Å². The van der Waals surface area contributed by atoms with E-state index in [1.807, 2.05) is 6.07 Å². The fourth-order valence-electron chi connectivity index (χ4n) is 3.61. The number of benzene rings is 1. The Morgan fingerprint density at radius 1 is 1.16 bits per heavy atom. The van der Waals surface area contributed by atoms with Crippen LogP contribution in [-0.4, -0.2) is 17.5 Å². The fraction of sp³-hybridized carbons (Fsp3) is 0.600. The van der Waals surface area contributed by atoms with Gasteiger partial charge in [0.1, 0.15) is 0 Å². The van der Waals surface area contributed by atoms with Crippen molar-refractivity contribution in [1.82, 2.24) is 4.90 Å². The molecule has 1 aliphatic carbocycles. The molecule has 1 aromatic rings. The Balaban J connectivity index is 1.91. The molecule has 1 unspecified atom stereocenters. The standard InChI is InChI=1S/C15H20Cl2N2/c16-13-7-6-11-12(15(13)17)9-19(14(11)8-18)10-4-2-1-3-5-10/h6-7,10,14H,1-5,8-9,18H2. The minimum absolute atomic E-state index is 0.313. The summed E-state index contributed by atoms with van der Waals surface area (Å²) in [5.74, 6) is 0. The van der Waals surface area contributed by atoms with Crippen LogP contribution in [0.15, 0.2) is 12.1 Å². The lowest BCUT2D eigenvalue weighted by Gasteiger charge is -2.35. The van der Waals surface area contributed by atoms with E-state index < -0.39 is 0 Å². The van der Waals surface area contributed by atoms with Gasteiger partial charge in [-0.15, -0.1) is 0 Å². The van der Waals surface area contributed by atoms with Crippen molar-refractivity contribution < 1.29 is 0 Å². The third kappa shape index (κ3) is 2.40. The lowest BCUT2D eigenvalue weighted by molar-refractivity contribution is 0.117. The van der Waals surface area contributed by atoms with Gasteiger partial charge in [-0.25, -0.2) is 0 Å². The van der Waals surface area contributed by atoms with Gasteiger partial charge in [0.25, 0.3) is 0 Å². The van der Waals surface area contributed by atoms with Crippen LogP contribution in [0.1, 0.15) is 49.3 Å². The van der Waals surface area contributed by atoms with Crippen LogP contribution in [0, 0.1) is 0 Å². The number of fused-ring (bicyclic) bond motifs is 1. The van der Waals surface area contributed by atoms with Gasteiger partial charge in [-0.05, 0) is 30.0 Å². The number of nitrogens with two attached hydrogens (primary N) is 1. The van der Waals surface area contributed by atoms with E-state index in [9.17, 15) is 0 Å². The molecule has 19 heavy (non-hydrogen) atoms. The van der Waals surface area contributed by atoms with Crippen LogP contribution in [0.2, 0.25) is 10.0 Å². The molecule has 104 valence electrons. The largest absolute Gasteiger partial charge is 0.329 e. The zero-order valence-corrected chi connectivity index (χ0v) is 12.6. The van der Waals surface area contributed by atoms with Crippen LogP contribution in [0.4, 0.5) is 0 Å². The summed E-state index contributed by atoms with van der Waals surface area (Å²) in [6, 6.07) is 4.97. The summed E-state index contributed by atoms with van der Waals surface area (Å²) < 4.78 is 0. The maximum atomic E-state index is 6.37. The predicted octanol–water partition coefficient (Wildman–Crippen LogP) is 4.14. The molecule has 2 nitrogen and oxygen atoms in total. The Hall–Kier alpha value is -0.280. The molecule has 1 aromatic carbocycles. The van der Waals surface area contributed by atoms with Gasteiger partial charge < -0.3 is 5.73 Å². The molecule has 1 fully saturated rings. The Kier molecular flexibility index (Phi) is 4.04. The van der Waals surface area contributed by atoms with Crippen LogP contribution >= 0.6 is 23.2 Å². The van der Waals surface area contributed by atoms with Gasteiger partial charge in [-0.2, -0.15) is 0 Å². The van der Waals surface area contributed by atoms with Gasteiger partial charge in [-0.3, -0.25) is 4.90 Å². The van der Waals surface area contributed by atoms with Gasteiger partial charge >= 0.3 is 0 Å². The molecule has 0 bridgehead atoms. The van der Waals surface area contributed by atoms with Gasteiger partial charge in [0.05, 0.1) is 10.0 Å². The summed E-state index contributed by atoms with van der Waals surface area (Å²) in [7, 11) is 0. The number of rotatable bonds is 2. The van der Waals surface area contributed by atoms with Crippen LogP contribution in [0.5, 0.6) is 0 Å². The number of nitrogens with zero attached hydrogens (tertiary/aromatic N) is 1. The molecular weight excluding hydrogens is 279 g/mol. The summed E-state index contributed by atoms with van der Waals surface area (Å²) in [6.07, 6.45) is 6.62. The van der Waals surface area contributed by atoms with Gasteiger partial charge in [0.2, 0.25) is 0 Å². The first-order valence-electron chi connectivity index (χ1n) is 7.15. The molecule has 1 atom stereocenters. The average molecular weight is 299 g/mol. The summed E-state index contributed by atoms with van der Waals surface area (Å²) in [5, 5.41) is 1.37. The third-order valence-electron chi connectivity index (χ3n) is 4.60. The van der Waals surface area contributed by atoms with E-state index >= 15 is 0 Å². The Morgan fingerprint density at radius 2 is 1.89 bits per heavy atom. The molecule has 0 saturated heterocycles. The molecule has 4 heteroatoms. The second-order valence-electron chi connectivity index (χ2n) is 5.64. The number of halogens is 2. The molecule has 1 aliphatic heterocycles. The highest BCUT2D eigenvalue weighted by molar-refractivity contribution is 6.42. The molecule has 1 heterocycles. The highest BCUT2D eigenvalue weighted by Crippen LogP contribution is 2.42. The van der Waals surface area contributed by atoms with E-state index in [1.54, 1.807) is 0 Å². The van der Waals surface area contributed by atoms with Crippen molar-refractivity contribution in [2.45, 2.75) is 50.7 Å².